The number of esters is 1. The second-order valence-electron chi connectivity index (χ2n) is 6.14. The largest absolute Gasteiger partial charge is 0.495 e. The summed E-state index contributed by atoms with van der Waals surface area (Å²) >= 11 is 0. The summed E-state index contributed by atoms with van der Waals surface area (Å²) in [5, 5.41) is 0. The summed E-state index contributed by atoms with van der Waals surface area (Å²) in [6.45, 7) is 4.48. The lowest BCUT2D eigenvalue weighted by Gasteiger charge is -2.21. The number of hydrogen-bond donors (Lipinski definition) is 0. The van der Waals surface area contributed by atoms with Crippen LogP contribution in [0.2, 0.25) is 0 Å². The van der Waals surface area contributed by atoms with Crippen LogP contribution in [0.25, 0.3) is 0 Å². The molecule has 2 rings (SSSR count). The van der Waals surface area contributed by atoms with Gasteiger partial charge in [0.2, 0.25) is 10.0 Å². The zero-order valence-electron chi connectivity index (χ0n) is 14.4. The molecule has 24 heavy (non-hydrogen) atoms. The van der Waals surface area contributed by atoms with Crippen LogP contribution >= 0.6 is 0 Å². The van der Waals surface area contributed by atoms with Gasteiger partial charge < -0.3 is 9.47 Å². The molecular weight excluding hydrogens is 330 g/mol. The second kappa shape index (κ2) is 7.98. The lowest BCUT2D eigenvalue weighted by atomic mass is 10.2. The highest BCUT2D eigenvalue weighted by Gasteiger charge is 2.29. The normalized spacial score (nSPS) is 16.7. The molecule has 0 saturated carbocycles. The van der Waals surface area contributed by atoms with E-state index in [0.717, 1.165) is 25.7 Å². The summed E-state index contributed by atoms with van der Waals surface area (Å²) in [4.78, 5) is 12.1. The van der Waals surface area contributed by atoms with Crippen molar-refractivity contribution in [3.05, 3.63) is 23.8 Å². The number of nitrogens with zero attached hydrogens (tertiary/aromatic N) is 1. The molecule has 0 bridgehead atoms. The molecule has 6 nitrogen and oxygen atoms in total. The molecule has 0 radical (unpaired) electrons. The van der Waals surface area contributed by atoms with Crippen LogP contribution in [-0.4, -0.2) is 45.0 Å². The maximum absolute atomic E-state index is 13.0. The number of carbonyl (C=O) groups excluding carboxylic acids is 1. The number of carbonyl (C=O) groups is 1. The first-order valence-corrected chi connectivity index (χ1v) is 9.69. The highest BCUT2D eigenvalue weighted by Crippen LogP contribution is 2.29. The lowest BCUT2D eigenvalue weighted by molar-refractivity contribution is 0.0377. The van der Waals surface area contributed by atoms with Crippen LogP contribution in [-0.2, 0) is 14.8 Å². The Hall–Kier alpha value is -1.60. The van der Waals surface area contributed by atoms with E-state index in [1.54, 1.807) is 13.8 Å². The van der Waals surface area contributed by atoms with Crippen LogP contribution in [0.1, 0.15) is 49.9 Å². The third-order valence-electron chi connectivity index (χ3n) is 3.92. The van der Waals surface area contributed by atoms with Gasteiger partial charge in [0.1, 0.15) is 10.6 Å². The van der Waals surface area contributed by atoms with Crippen molar-refractivity contribution in [1.29, 1.82) is 0 Å². The van der Waals surface area contributed by atoms with Gasteiger partial charge in [-0.25, -0.2) is 13.2 Å². The summed E-state index contributed by atoms with van der Waals surface area (Å²) in [5.41, 5.74) is 0.206. The molecule has 1 aromatic carbocycles. The van der Waals surface area contributed by atoms with E-state index in [-0.39, 0.29) is 22.3 Å². The molecule has 7 heteroatoms. The molecule has 134 valence electrons. The van der Waals surface area contributed by atoms with Gasteiger partial charge in [0.15, 0.2) is 0 Å². The molecule has 0 amide bonds. The minimum atomic E-state index is -3.71. The molecule has 1 heterocycles. The van der Waals surface area contributed by atoms with Gasteiger partial charge in [-0.1, -0.05) is 12.8 Å². The molecule has 0 aliphatic carbocycles. The van der Waals surface area contributed by atoms with Gasteiger partial charge >= 0.3 is 5.97 Å². The van der Waals surface area contributed by atoms with Gasteiger partial charge in [-0.2, -0.15) is 4.31 Å². The van der Waals surface area contributed by atoms with Crippen LogP contribution < -0.4 is 4.74 Å². The molecule has 0 spiro atoms. The molecule has 1 aliphatic rings. The van der Waals surface area contributed by atoms with Crippen LogP contribution in [0, 0.1) is 0 Å². The van der Waals surface area contributed by atoms with Gasteiger partial charge in [-0.05, 0) is 44.9 Å². The van der Waals surface area contributed by atoms with E-state index in [1.165, 1.54) is 29.6 Å². The Bertz CT molecular complexity index is 676. The first-order valence-electron chi connectivity index (χ1n) is 8.25. The van der Waals surface area contributed by atoms with Crippen LogP contribution in [0.3, 0.4) is 0 Å². The Morgan fingerprint density at radius 2 is 1.75 bits per heavy atom. The smallest absolute Gasteiger partial charge is 0.338 e. The highest BCUT2D eigenvalue weighted by molar-refractivity contribution is 7.89. The topological polar surface area (TPSA) is 72.9 Å². The molecule has 1 fully saturated rings. The van der Waals surface area contributed by atoms with Crippen LogP contribution in [0.4, 0.5) is 0 Å². The van der Waals surface area contributed by atoms with E-state index in [4.69, 9.17) is 9.47 Å². The molecule has 0 unspecified atom stereocenters. The van der Waals surface area contributed by atoms with Crippen molar-refractivity contribution in [2.75, 3.05) is 20.2 Å². The average molecular weight is 355 g/mol. The van der Waals surface area contributed by atoms with Crippen molar-refractivity contribution >= 4 is 16.0 Å². The van der Waals surface area contributed by atoms with Crippen molar-refractivity contribution in [1.82, 2.24) is 4.31 Å². The van der Waals surface area contributed by atoms with Crippen LogP contribution in [0.15, 0.2) is 23.1 Å². The van der Waals surface area contributed by atoms with Gasteiger partial charge in [-0.3, -0.25) is 0 Å². The summed E-state index contributed by atoms with van der Waals surface area (Å²) in [7, 11) is -2.29. The molecular formula is C17H25NO5S. The Kier molecular flexibility index (Phi) is 6.23. The summed E-state index contributed by atoms with van der Waals surface area (Å²) in [6.07, 6.45) is 3.48. The van der Waals surface area contributed by atoms with Gasteiger partial charge in [0.05, 0.1) is 18.8 Å². The zero-order valence-corrected chi connectivity index (χ0v) is 15.3. The fraction of sp³-hybridized carbons (Fsp3) is 0.588. The van der Waals surface area contributed by atoms with Gasteiger partial charge in [0.25, 0.3) is 0 Å². The van der Waals surface area contributed by atoms with Crippen molar-refractivity contribution in [2.45, 2.75) is 50.5 Å². The maximum atomic E-state index is 13.0. The summed E-state index contributed by atoms with van der Waals surface area (Å²) in [6, 6.07) is 4.37. The van der Waals surface area contributed by atoms with Crippen molar-refractivity contribution in [3.8, 4) is 5.75 Å². The fourth-order valence-electron chi connectivity index (χ4n) is 2.71. The summed E-state index contributed by atoms with van der Waals surface area (Å²) in [5.74, 6) is -0.305. The summed E-state index contributed by atoms with van der Waals surface area (Å²) < 4.78 is 37.9. The number of rotatable bonds is 5. The van der Waals surface area contributed by atoms with Crippen LogP contribution in [0.5, 0.6) is 5.75 Å². The number of benzene rings is 1. The first kappa shape index (κ1) is 18.7. The standard InChI is InChI=1S/C17H25NO5S/c1-13(2)23-17(19)14-8-9-15(22-3)16(12-14)24(20,21)18-10-6-4-5-7-11-18/h8-9,12-13H,4-7,10-11H2,1-3H3. The van der Waals surface area contributed by atoms with E-state index in [1.807, 2.05) is 0 Å². The average Bonchev–Trinajstić information content (AvgIpc) is 2.83. The zero-order chi connectivity index (χ0) is 17.7. The van der Waals surface area contributed by atoms with Gasteiger partial charge in [-0.15, -0.1) is 0 Å². The predicted octanol–water partition coefficient (Wildman–Crippen LogP) is 2.83. The van der Waals surface area contributed by atoms with E-state index in [9.17, 15) is 13.2 Å². The predicted molar refractivity (Wildman–Crippen MR) is 90.8 cm³/mol. The van der Waals surface area contributed by atoms with E-state index >= 15 is 0 Å². The SMILES string of the molecule is COc1ccc(C(=O)OC(C)C)cc1S(=O)(=O)N1CCCCCC1. The minimum Gasteiger partial charge on any atom is -0.495 e. The van der Waals surface area contributed by atoms with Crippen molar-refractivity contribution in [2.24, 2.45) is 0 Å². The quantitative estimate of drug-likeness (QED) is 0.760. The van der Waals surface area contributed by atoms with Gasteiger partial charge in [0, 0.05) is 13.1 Å². The third kappa shape index (κ3) is 4.27. The molecule has 0 aromatic heterocycles. The minimum absolute atomic E-state index is 0.0186. The molecule has 1 saturated heterocycles. The Balaban J connectivity index is 2.40. The number of sulfonamides is 1. The highest BCUT2D eigenvalue weighted by atomic mass is 32.2. The van der Waals surface area contributed by atoms with Crippen molar-refractivity contribution in [3.63, 3.8) is 0 Å². The van der Waals surface area contributed by atoms with Crippen molar-refractivity contribution < 1.29 is 22.7 Å². The lowest BCUT2D eigenvalue weighted by Crippen LogP contribution is -2.32. The second-order valence-corrected chi connectivity index (χ2v) is 8.04. The molecule has 1 aliphatic heterocycles. The molecule has 0 N–H and O–H groups in total. The molecule has 0 atom stereocenters. The molecule has 1 aromatic rings. The maximum Gasteiger partial charge on any atom is 0.338 e. The van der Waals surface area contributed by atoms with E-state index in [2.05, 4.69) is 0 Å². The number of ether oxygens (including phenoxy) is 2. The first-order chi connectivity index (χ1) is 11.4. The Morgan fingerprint density at radius 3 is 2.29 bits per heavy atom. The number of hydrogen-bond acceptors (Lipinski definition) is 5. The third-order valence-corrected chi connectivity index (χ3v) is 5.84. The Labute approximate surface area is 143 Å². The fourth-order valence-corrected chi connectivity index (χ4v) is 4.41. The number of methoxy groups -OCH3 is 1. The monoisotopic (exact) mass is 355 g/mol. The van der Waals surface area contributed by atoms with E-state index < -0.39 is 16.0 Å². The van der Waals surface area contributed by atoms with E-state index in [0.29, 0.717) is 13.1 Å². The Morgan fingerprint density at radius 1 is 1.12 bits per heavy atom.